The standard InChI is InChI=1S/C16H33N/c1-5-6-7-15-10-14(4)8-9-16(15)12-17-11-13(2)3/h13-17H,5-12H2,1-4H3. The number of hydrogen-bond donors (Lipinski definition) is 1. The molecule has 0 aliphatic heterocycles. The second-order valence-electron chi connectivity index (χ2n) is 6.63. The van der Waals surface area contributed by atoms with Crippen molar-refractivity contribution in [2.45, 2.75) is 66.2 Å². The fourth-order valence-electron chi connectivity index (χ4n) is 3.21. The van der Waals surface area contributed by atoms with Gasteiger partial charge in [0.25, 0.3) is 0 Å². The Balaban J connectivity index is 2.32. The third-order valence-electron chi connectivity index (χ3n) is 4.29. The van der Waals surface area contributed by atoms with Crippen molar-refractivity contribution in [1.82, 2.24) is 5.32 Å². The van der Waals surface area contributed by atoms with Crippen molar-refractivity contribution in [3.63, 3.8) is 0 Å². The molecule has 1 nitrogen and oxygen atoms in total. The van der Waals surface area contributed by atoms with Gasteiger partial charge in [-0.1, -0.05) is 53.4 Å². The molecule has 1 fully saturated rings. The molecule has 1 saturated carbocycles. The number of nitrogens with one attached hydrogen (secondary N) is 1. The van der Waals surface area contributed by atoms with Crippen LogP contribution in [0.4, 0.5) is 0 Å². The van der Waals surface area contributed by atoms with E-state index >= 15 is 0 Å². The number of unbranched alkanes of at least 4 members (excludes halogenated alkanes) is 1. The Bertz CT molecular complexity index is 188. The normalized spacial score (nSPS) is 29.8. The van der Waals surface area contributed by atoms with E-state index < -0.39 is 0 Å². The molecule has 1 heteroatoms. The molecule has 1 aliphatic rings. The average Bonchev–Trinajstić information content (AvgIpc) is 2.28. The van der Waals surface area contributed by atoms with Crippen molar-refractivity contribution in [3.8, 4) is 0 Å². The lowest BCUT2D eigenvalue weighted by Crippen LogP contribution is -2.34. The maximum Gasteiger partial charge on any atom is -0.00178 e. The zero-order valence-corrected chi connectivity index (χ0v) is 12.5. The van der Waals surface area contributed by atoms with Crippen LogP contribution in [-0.2, 0) is 0 Å². The minimum Gasteiger partial charge on any atom is -0.316 e. The van der Waals surface area contributed by atoms with Crippen molar-refractivity contribution in [2.75, 3.05) is 13.1 Å². The SMILES string of the molecule is CCCCC1CC(C)CCC1CNCC(C)C. The first-order chi connectivity index (χ1) is 8.13. The van der Waals surface area contributed by atoms with E-state index in [-0.39, 0.29) is 0 Å². The number of hydrogen-bond acceptors (Lipinski definition) is 1. The Hall–Kier alpha value is -0.0400. The van der Waals surface area contributed by atoms with Crippen molar-refractivity contribution in [2.24, 2.45) is 23.7 Å². The Labute approximate surface area is 109 Å². The molecule has 17 heavy (non-hydrogen) atoms. The highest BCUT2D eigenvalue weighted by Gasteiger charge is 2.27. The summed E-state index contributed by atoms with van der Waals surface area (Å²) in [5.41, 5.74) is 0. The predicted molar refractivity (Wildman–Crippen MR) is 77.2 cm³/mol. The van der Waals surface area contributed by atoms with Crippen molar-refractivity contribution < 1.29 is 0 Å². The summed E-state index contributed by atoms with van der Waals surface area (Å²) in [6.07, 6.45) is 8.65. The van der Waals surface area contributed by atoms with Crippen LogP contribution < -0.4 is 5.32 Å². The summed E-state index contributed by atoms with van der Waals surface area (Å²) in [4.78, 5) is 0. The molecule has 0 radical (unpaired) electrons. The summed E-state index contributed by atoms with van der Waals surface area (Å²) >= 11 is 0. The Morgan fingerprint density at radius 2 is 1.94 bits per heavy atom. The molecule has 1 rings (SSSR count). The first kappa shape index (κ1) is 15.0. The summed E-state index contributed by atoms with van der Waals surface area (Å²) in [6.45, 7) is 11.8. The molecule has 1 N–H and O–H groups in total. The van der Waals surface area contributed by atoms with Crippen LogP contribution in [0.15, 0.2) is 0 Å². The number of rotatable bonds is 7. The summed E-state index contributed by atoms with van der Waals surface area (Å²) in [5.74, 6) is 3.71. The predicted octanol–water partition coefficient (Wildman–Crippen LogP) is 4.47. The quantitative estimate of drug-likeness (QED) is 0.691. The van der Waals surface area contributed by atoms with E-state index in [1.165, 1.54) is 51.6 Å². The minimum absolute atomic E-state index is 0.784. The molecular weight excluding hydrogens is 206 g/mol. The van der Waals surface area contributed by atoms with E-state index in [4.69, 9.17) is 0 Å². The van der Waals surface area contributed by atoms with E-state index in [1.54, 1.807) is 0 Å². The van der Waals surface area contributed by atoms with Gasteiger partial charge in [0, 0.05) is 0 Å². The minimum atomic E-state index is 0.784. The van der Waals surface area contributed by atoms with Crippen LogP contribution in [0.5, 0.6) is 0 Å². The van der Waals surface area contributed by atoms with Crippen LogP contribution in [0.25, 0.3) is 0 Å². The highest BCUT2D eigenvalue weighted by Crippen LogP contribution is 2.36. The highest BCUT2D eigenvalue weighted by molar-refractivity contribution is 4.80. The molecule has 0 amide bonds. The van der Waals surface area contributed by atoms with Gasteiger partial charge < -0.3 is 5.32 Å². The van der Waals surface area contributed by atoms with Gasteiger partial charge in [-0.3, -0.25) is 0 Å². The molecule has 1 aliphatic carbocycles. The third-order valence-corrected chi connectivity index (χ3v) is 4.29. The van der Waals surface area contributed by atoms with E-state index in [9.17, 15) is 0 Å². The zero-order chi connectivity index (χ0) is 12.7. The average molecular weight is 239 g/mol. The summed E-state index contributed by atoms with van der Waals surface area (Å²) in [6, 6.07) is 0. The molecule has 0 aromatic heterocycles. The van der Waals surface area contributed by atoms with Crippen LogP contribution in [0.1, 0.15) is 66.2 Å². The summed E-state index contributed by atoms with van der Waals surface area (Å²) in [5, 5.41) is 3.68. The first-order valence-corrected chi connectivity index (χ1v) is 7.84. The zero-order valence-electron chi connectivity index (χ0n) is 12.5. The fourth-order valence-corrected chi connectivity index (χ4v) is 3.21. The molecule has 0 saturated heterocycles. The molecular formula is C16H33N. The molecule has 3 atom stereocenters. The fraction of sp³-hybridized carbons (Fsp3) is 1.00. The van der Waals surface area contributed by atoms with Crippen LogP contribution in [0, 0.1) is 23.7 Å². The lowest BCUT2D eigenvalue weighted by Gasteiger charge is -2.35. The van der Waals surface area contributed by atoms with Crippen molar-refractivity contribution >= 4 is 0 Å². The smallest absolute Gasteiger partial charge is 0.00178 e. The van der Waals surface area contributed by atoms with Crippen molar-refractivity contribution in [3.05, 3.63) is 0 Å². The topological polar surface area (TPSA) is 12.0 Å². The van der Waals surface area contributed by atoms with E-state index in [1.807, 2.05) is 0 Å². The first-order valence-electron chi connectivity index (χ1n) is 7.84. The summed E-state index contributed by atoms with van der Waals surface area (Å²) in [7, 11) is 0. The van der Waals surface area contributed by atoms with Crippen molar-refractivity contribution in [1.29, 1.82) is 0 Å². The monoisotopic (exact) mass is 239 g/mol. The Kier molecular flexibility index (Phi) is 7.18. The molecule has 102 valence electrons. The van der Waals surface area contributed by atoms with Crippen LogP contribution in [0.2, 0.25) is 0 Å². The molecule has 0 aromatic rings. The van der Waals surface area contributed by atoms with Gasteiger partial charge in [0.15, 0.2) is 0 Å². The highest BCUT2D eigenvalue weighted by atomic mass is 14.9. The Morgan fingerprint density at radius 3 is 2.59 bits per heavy atom. The van der Waals surface area contributed by atoms with Gasteiger partial charge in [0.1, 0.15) is 0 Å². The van der Waals surface area contributed by atoms with Gasteiger partial charge >= 0.3 is 0 Å². The lowest BCUT2D eigenvalue weighted by molar-refractivity contribution is 0.171. The molecule has 0 heterocycles. The van der Waals surface area contributed by atoms with Gasteiger partial charge in [-0.15, -0.1) is 0 Å². The largest absolute Gasteiger partial charge is 0.316 e. The van der Waals surface area contributed by atoms with Gasteiger partial charge in [0.2, 0.25) is 0 Å². The van der Waals surface area contributed by atoms with E-state index in [2.05, 4.69) is 33.0 Å². The maximum absolute atomic E-state index is 3.68. The van der Waals surface area contributed by atoms with Gasteiger partial charge in [-0.05, 0) is 49.6 Å². The second kappa shape index (κ2) is 8.13. The summed E-state index contributed by atoms with van der Waals surface area (Å²) < 4.78 is 0. The molecule has 0 aromatic carbocycles. The molecule has 3 unspecified atom stereocenters. The Morgan fingerprint density at radius 1 is 1.18 bits per heavy atom. The van der Waals surface area contributed by atoms with Gasteiger partial charge in [-0.2, -0.15) is 0 Å². The third kappa shape index (κ3) is 5.90. The van der Waals surface area contributed by atoms with Gasteiger partial charge in [-0.25, -0.2) is 0 Å². The molecule has 0 bridgehead atoms. The maximum atomic E-state index is 3.68. The van der Waals surface area contributed by atoms with E-state index in [0.717, 1.165) is 23.7 Å². The molecule has 0 spiro atoms. The lowest BCUT2D eigenvalue weighted by atomic mass is 9.72. The van der Waals surface area contributed by atoms with Gasteiger partial charge in [0.05, 0.1) is 0 Å². The van der Waals surface area contributed by atoms with E-state index in [0.29, 0.717) is 0 Å². The van der Waals surface area contributed by atoms with Crippen LogP contribution >= 0.6 is 0 Å². The van der Waals surface area contributed by atoms with Crippen LogP contribution in [-0.4, -0.2) is 13.1 Å². The van der Waals surface area contributed by atoms with Crippen LogP contribution in [0.3, 0.4) is 0 Å². The second-order valence-corrected chi connectivity index (χ2v) is 6.63.